The fourth-order valence-electron chi connectivity index (χ4n) is 3.44. The molecule has 2 aliphatic rings. The predicted molar refractivity (Wildman–Crippen MR) is 99.2 cm³/mol. The maximum atomic E-state index is 12.8. The first kappa shape index (κ1) is 19.6. The number of aromatic amines is 1. The molecule has 3 rings (SSSR count). The highest BCUT2D eigenvalue weighted by atomic mass is 35.5. The van der Waals surface area contributed by atoms with E-state index in [1.165, 1.54) is 0 Å². The molecule has 2 fully saturated rings. The van der Waals surface area contributed by atoms with Crippen LogP contribution in [-0.2, 0) is 27.2 Å². The molecule has 1 aromatic heterocycles. The highest BCUT2D eigenvalue weighted by molar-refractivity contribution is 6.30. The number of imidazole rings is 1. The first-order valence-electron chi connectivity index (χ1n) is 9.57. The van der Waals surface area contributed by atoms with E-state index in [9.17, 15) is 4.79 Å². The van der Waals surface area contributed by atoms with Crippen LogP contribution in [0.25, 0.3) is 0 Å². The molecule has 1 N–H and O–H groups in total. The zero-order valence-electron chi connectivity index (χ0n) is 15.5. The topological polar surface area (TPSA) is 70.7 Å². The van der Waals surface area contributed by atoms with Crippen LogP contribution in [-0.4, -0.2) is 78.3 Å². The summed E-state index contributed by atoms with van der Waals surface area (Å²) in [7, 11) is 0. The lowest BCUT2D eigenvalue weighted by Gasteiger charge is -2.31. The fraction of sp³-hybridized carbons (Fsp3) is 0.778. The van der Waals surface area contributed by atoms with Gasteiger partial charge in [0.15, 0.2) is 5.15 Å². The Morgan fingerprint density at radius 2 is 2.04 bits per heavy atom. The third kappa shape index (κ3) is 5.19. The van der Waals surface area contributed by atoms with Gasteiger partial charge in [0.25, 0.3) is 0 Å². The highest BCUT2D eigenvalue weighted by Crippen LogP contribution is 2.19. The first-order valence-corrected chi connectivity index (χ1v) is 9.95. The number of hydrogen-bond donors (Lipinski definition) is 1. The fourth-order valence-corrected chi connectivity index (χ4v) is 3.65. The number of aromatic nitrogens is 2. The van der Waals surface area contributed by atoms with Crippen LogP contribution in [0.3, 0.4) is 0 Å². The second kappa shape index (κ2) is 9.69. The molecule has 1 unspecified atom stereocenters. The Hall–Kier alpha value is -1.15. The van der Waals surface area contributed by atoms with Gasteiger partial charge in [0.2, 0.25) is 5.91 Å². The van der Waals surface area contributed by atoms with Gasteiger partial charge >= 0.3 is 0 Å². The highest BCUT2D eigenvalue weighted by Gasteiger charge is 2.30. The van der Waals surface area contributed by atoms with Gasteiger partial charge in [0.05, 0.1) is 38.0 Å². The summed E-state index contributed by atoms with van der Waals surface area (Å²) in [6, 6.07) is 0. The van der Waals surface area contributed by atoms with Crippen LogP contribution in [0.1, 0.15) is 31.3 Å². The molecule has 0 spiro atoms. The summed E-state index contributed by atoms with van der Waals surface area (Å²) >= 11 is 6.32. The number of unbranched alkanes of at least 4 members (excludes halogenated alkanes) is 1. The van der Waals surface area contributed by atoms with Crippen molar-refractivity contribution >= 4 is 17.5 Å². The molecule has 3 heterocycles. The van der Waals surface area contributed by atoms with Crippen molar-refractivity contribution in [3.63, 3.8) is 0 Å². The van der Waals surface area contributed by atoms with E-state index in [4.69, 9.17) is 21.1 Å². The summed E-state index contributed by atoms with van der Waals surface area (Å²) in [4.78, 5) is 24.7. The number of halogens is 1. The lowest BCUT2D eigenvalue weighted by atomic mass is 10.1. The molecule has 1 amide bonds. The molecule has 7 nitrogen and oxygen atoms in total. The van der Waals surface area contributed by atoms with Crippen LogP contribution in [0.4, 0.5) is 0 Å². The summed E-state index contributed by atoms with van der Waals surface area (Å²) in [5.41, 5.74) is 0.928. The normalized spacial score (nSPS) is 22.4. The largest absolute Gasteiger partial charge is 0.379 e. The predicted octanol–water partition coefficient (Wildman–Crippen LogP) is 1.71. The molecule has 0 radical (unpaired) electrons. The Morgan fingerprint density at radius 3 is 2.81 bits per heavy atom. The Labute approximate surface area is 160 Å². The van der Waals surface area contributed by atoms with Crippen molar-refractivity contribution in [2.45, 2.75) is 32.7 Å². The first-order chi connectivity index (χ1) is 12.7. The smallest absolute Gasteiger partial charge is 0.229 e. The second-order valence-electron chi connectivity index (χ2n) is 7.00. The van der Waals surface area contributed by atoms with Crippen LogP contribution >= 0.6 is 11.6 Å². The molecule has 0 bridgehead atoms. The van der Waals surface area contributed by atoms with E-state index in [0.29, 0.717) is 57.8 Å². The average Bonchev–Trinajstić information content (AvgIpc) is 2.86. The number of ether oxygens (including phenoxy) is 2. The number of aryl methyl sites for hydroxylation is 1. The number of nitrogens with one attached hydrogen (secondary N) is 1. The van der Waals surface area contributed by atoms with Gasteiger partial charge in [0, 0.05) is 39.1 Å². The van der Waals surface area contributed by atoms with Gasteiger partial charge in [-0.1, -0.05) is 24.9 Å². The lowest BCUT2D eigenvalue weighted by Crippen LogP contribution is -2.47. The monoisotopic (exact) mass is 384 g/mol. The zero-order valence-corrected chi connectivity index (χ0v) is 16.3. The Morgan fingerprint density at radius 1 is 1.27 bits per heavy atom. The molecule has 0 aromatic carbocycles. The van der Waals surface area contributed by atoms with Crippen LogP contribution in [0.5, 0.6) is 0 Å². The van der Waals surface area contributed by atoms with E-state index in [0.717, 1.165) is 37.3 Å². The molecular formula is C18H29ClN4O3. The summed E-state index contributed by atoms with van der Waals surface area (Å²) in [6.45, 7) is 7.96. The molecule has 1 atom stereocenters. The summed E-state index contributed by atoms with van der Waals surface area (Å²) in [5.74, 6) is 0.968. The third-order valence-corrected chi connectivity index (χ3v) is 5.26. The SMILES string of the molecule is CCCCc1nc(Cl)c(CN2CCOCC(C(=O)N3CCOCC3)C2)[nH]1. The van der Waals surface area contributed by atoms with Gasteiger partial charge < -0.3 is 19.4 Å². The van der Waals surface area contributed by atoms with Crippen LogP contribution in [0.2, 0.25) is 5.15 Å². The van der Waals surface area contributed by atoms with Crippen molar-refractivity contribution in [1.82, 2.24) is 19.8 Å². The quantitative estimate of drug-likeness (QED) is 0.808. The molecule has 26 heavy (non-hydrogen) atoms. The van der Waals surface area contributed by atoms with E-state index < -0.39 is 0 Å². The summed E-state index contributed by atoms with van der Waals surface area (Å²) in [5, 5.41) is 0.539. The van der Waals surface area contributed by atoms with Gasteiger partial charge in [-0.05, 0) is 6.42 Å². The molecule has 0 aliphatic carbocycles. The third-order valence-electron chi connectivity index (χ3n) is 4.95. The Bertz CT molecular complexity index is 589. The van der Waals surface area contributed by atoms with E-state index in [-0.39, 0.29) is 11.8 Å². The molecule has 8 heteroatoms. The maximum Gasteiger partial charge on any atom is 0.229 e. The standard InChI is InChI=1S/C18H29ClN4O3/c1-2-3-4-16-20-15(17(19)21-16)12-22-5-8-26-13-14(11-22)18(24)23-6-9-25-10-7-23/h14H,2-13H2,1H3,(H,20,21). The van der Waals surface area contributed by atoms with E-state index >= 15 is 0 Å². The number of nitrogens with zero attached hydrogens (tertiary/aromatic N) is 3. The zero-order chi connectivity index (χ0) is 18.4. The van der Waals surface area contributed by atoms with E-state index in [2.05, 4.69) is 21.8 Å². The average molecular weight is 385 g/mol. The van der Waals surface area contributed by atoms with Gasteiger partial charge in [0.1, 0.15) is 5.82 Å². The number of carbonyl (C=O) groups is 1. The number of morpholine rings is 1. The van der Waals surface area contributed by atoms with Gasteiger partial charge in [-0.3, -0.25) is 9.69 Å². The van der Waals surface area contributed by atoms with Crippen molar-refractivity contribution in [2.24, 2.45) is 5.92 Å². The van der Waals surface area contributed by atoms with Crippen LogP contribution in [0, 0.1) is 5.92 Å². The number of carbonyl (C=O) groups excluding carboxylic acids is 1. The van der Waals surface area contributed by atoms with Crippen LogP contribution < -0.4 is 0 Å². The van der Waals surface area contributed by atoms with Crippen molar-refractivity contribution in [2.75, 3.05) is 52.6 Å². The molecular weight excluding hydrogens is 356 g/mol. The molecule has 146 valence electrons. The van der Waals surface area contributed by atoms with Gasteiger partial charge in [-0.2, -0.15) is 0 Å². The number of hydrogen-bond acceptors (Lipinski definition) is 5. The minimum Gasteiger partial charge on any atom is -0.379 e. The van der Waals surface area contributed by atoms with Crippen molar-refractivity contribution in [3.8, 4) is 0 Å². The van der Waals surface area contributed by atoms with Crippen molar-refractivity contribution in [3.05, 3.63) is 16.7 Å². The minimum atomic E-state index is -0.142. The minimum absolute atomic E-state index is 0.142. The number of H-pyrrole nitrogens is 1. The van der Waals surface area contributed by atoms with Crippen molar-refractivity contribution < 1.29 is 14.3 Å². The lowest BCUT2D eigenvalue weighted by molar-refractivity contribution is -0.141. The molecule has 2 aliphatic heterocycles. The van der Waals surface area contributed by atoms with Crippen LogP contribution in [0.15, 0.2) is 0 Å². The molecule has 1 aromatic rings. The maximum absolute atomic E-state index is 12.8. The van der Waals surface area contributed by atoms with E-state index in [1.54, 1.807) is 0 Å². The summed E-state index contributed by atoms with van der Waals surface area (Å²) < 4.78 is 11.0. The molecule has 2 saturated heterocycles. The number of amides is 1. The van der Waals surface area contributed by atoms with Crippen molar-refractivity contribution in [1.29, 1.82) is 0 Å². The Kier molecular flexibility index (Phi) is 7.31. The molecule has 0 saturated carbocycles. The van der Waals surface area contributed by atoms with Gasteiger partial charge in [-0.15, -0.1) is 0 Å². The van der Waals surface area contributed by atoms with E-state index in [1.807, 2.05) is 4.90 Å². The summed E-state index contributed by atoms with van der Waals surface area (Å²) in [6.07, 6.45) is 3.14. The second-order valence-corrected chi connectivity index (χ2v) is 7.36. The Balaban J connectivity index is 1.60. The number of rotatable bonds is 6. The van der Waals surface area contributed by atoms with Gasteiger partial charge in [-0.25, -0.2) is 4.98 Å².